The molecule has 0 saturated heterocycles. The molecule has 14 nitrogen and oxygen atoms in total. The first-order valence-electron chi connectivity index (χ1n) is 18.3. The van der Waals surface area contributed by atoms with E-state index in [9.17, 15) is 19.5 Å². The van der Waals surface area contributed by atoms with Crippen LogP contribution in [0, 0.1) is 27.7 Å². The van der Waals surface area contributed by atoms with Crippen LogP contribution in [0.25, 0.3) is 44.1 Å². The van der Waals surface area contributed by atoms with Crippen LogP contribution in [0.4, 0.5) is 0 Å². The summed E-state index contributed by atoms with van der Waals surface area (Å²) in [5, 5.41) is 19.3. The van der Waals surface area contributed by atoms with Gasteiger partial charge in [-0.1, -0.05) is 22.4 Å². The molecule has 0 atom stereocenters. The third-order valence-corrected chi connectivity index (χ3v) is 9.93. The van der Waals surface area contributed by atoms with Gasteiger partial charge in [0, 0.05) is 46.6 Å². The molecule has 8 rings (SSSR count). The van der Waals surface area contributed by atoms with E-state index < -0.39 is 0 Å². The number of benzene rings is 2. The Morgan fingerprint density at radius 3 is 1.55 bits per heavy atom. The summed E-state index contributed by atoms with van der Waals surface area (Å²) in [6.07, 6.45) is 3.94. The second kappa shape index (κ2) is 16.5. The molecule has 0 aliphatic carbocycles. The second-order valence-corrected chi connectivity index (χ2v) is 13.6. The number of aliphatic hydroxyl groups excluding tert-OH is 1. The Hall–Kier alpha value is -7.19. The number of carbonyl (C=O) groups is 1. The van der Waals surface area contributed by atoms with E-state index in [0.717, 1.165) is 50.1 Å². The van der Waals surface area contributed by atoms with Gasteiger partial charge in [-0.2, -0.15) is 0 Å². The van der Waals surface area contributed by atoms with Crippen LogP contribution in [0.3, 0.4) is 0 Å². The molecular weight excluding hydrogens is 741 g/mol. The van der Waals surface area contributed by atoms with Crippen molar-refractivity contribution in [2.75, 3.05) is 14.2 Å². The highest BCUT2D eigenvalue weighted by Crippen LogP contribution is 2.39. The number of rotatable bonds is 10. The van der Waals surface area contributed by atoms with Gasteiger partial charge < -0.3 is 32.8 Å². The normalized spacial score (nSPS) is 11.1. The molecule has 0 aliphatic heterocycles. The molecule has 8 aromatic rings. The van der Waals surface area contributed by atoms with Crippen LogP contribution in [0.5, 0.6) is 11.5 Å². The Labute approximate surface area is 331 Å². The summed E-state index contributed by atoms with van der Waals surface area (Å²) in [5.41, 5.74) is 7.39. The second-order valence-electron chi connectivity index (χ2n) is 13.6. The van der Waals surface area contributed by atoms with Crippen LogP contribution in [-0.2, 0) is 19.7 Å². The van der Waals surface area contributed by atoms with Gasteiger partial charge in [-0.05, 0) is 81.6 Å². The van der Waals surface area contributed by atoms with E-state index in [1.165, 1.54) is 0 Å². The SMILES string of the molecule is COc1cc2c(cc1-c1c(C)noc1C)cc(C=O)c(=O)n2Cc1ccccn1.COc1cc2c(cc1-c1c(C)noc1C)cc(CO)c(=O)n2Cc1ccccn1. The van der Waals surface area contributed by atoms with E-state index in [-0.39, 0.29) is 36.4 Å². The summed E-state index contributed by atoms with van der Waals surface area (Å²) in [6, 6.07) is 21.8. The average Bonchev–Trinajstić information content (AvgIpc) is 3.76. The molecule has 0 saturated carbocycles. The fraction of sp³-hybridized carbons (Fsp3) is 0.205. The van der Waals surface area contributed by atoms with Crippen molar-refractivity contribution in [1.29, 1.82) is 0 Å². The van der Waals surface area contributed by atoms with E-state index in [1.807, 2.05) is 82.3 Å². The monoisotopic (exact) mass is 780 g/mol. The van der Waals surface area contributed by atoms with E-state index in [1.54, 1.807) is 53.9 Å². The van der Waals surface area contributed by atoms with Crippen LogP contribution in [-0.4, -0.2) is 55.0 Å². The number of pyridine rings is 4. The van der Waals surface area contributed by atoms with E-state index >= 15 is 0 Å². The lowest BCUT2D eigenvalue weighted by atomic mass is 9.99. The molecule has 1 N–H and O–H groups in total. The minimum absolute atomic E-state index is 0.0864. The summed E-state index contributed by atoms with van der Waals surface area (Å²) >= 11 is 0. The fourth-order valence-electron chi connectivity index (χ4n) is 7.18. The van der Waals surface area contributed by atoms with Crippen LogP contribution in [0.2, 0.25) is 0 Å². The van der Waals surface area contributed by atoms with Crippen LogP contribution in [0.1, 0.15) is 50.2 Å². The van der Waals surface area contributed by atoms with E-state index in [2.05, 4.69) is 20.3 Å². The molecule has 0 fully saturated rings. The predicted molar refractivity (Wildman–Crippen MR) is 217 cm³/mol. The first kappa shape index (κ1) is 39.1. The number of hydrogen-bond acceptors (Lipinski definition) is 12. The maximum Gasteiger partial charge on any atom is 0.261 e. The number of ether oxygens (including phenoxy) is 2. The Morgan fingerprint density at radius 1 is 0.672 bits per heavy atom. The highest BCUT2D eigenvalue weighted by Gasteiger charge is 2.21. The highest BCUT2D eigenvalue weighted by molar-refractivity contribution is 5.93. The molecule has 0 unspecified atom stereocenters. The number of hydrogen-bond donors (Lipinski definition) is 1. The van der Waals surface area contributed by atoms with Crippen molar-refractivity contribution >= 4 is 28.1 Å². The van der Waals surface area contributed by atoms with Gasteiger partial charge in [-0.15, -0.1) is 0 Å². The quantitative estimate of drug-likeness (QED) is 0.145. The number of methoxy groups -OCH3 is 2. The molecule has 0 spiro atoms. The smallest absolute Gasteiger partial charge is 0.261 e. The van der Waals surface area contributed by atoms with Gasteiger partial charge in [-0.3, -0.25) is 24.4 Å². The Bertz CT molecular complexity index is 2870. The number of nitrogens with zero attached hydrogens (tertiary/aromatic N) is 6. The topological polar surface area (TPSA) is 178 Å². The summed E-state index contributed by atoms with van der Waals surface area (Å²) in [5.74, 6) is 2.54. The zero-order chi connectivity index (χ0) is 41.1. The Morgan fingerprint density at radius 2 is 1.16 bits per heavy atom. The minimum atomic E-state index is -0.370. The first-order valence-corrected chi connectivity index (χ1v) is 18.3. The molecule has 58 heavy (non-hydrogen) atoms. The summed E-state index contributed by atoms with van der Waals surface area (Å²) in [6.45, 7) is 7.59. The lowest BCUT2D eigenvalue weighted by Crippen LogP contribution is -2.25. The molecule has 14 heteroatoms. The third kappa shape index (κ3) is 7.40. The number of aliphatic hydroxyl groups is 1. The standard InChI is InChI=1S/C22H21N3O4.C22H19N3O4/c2*1-13-21(14(2)29-24-13)18-9-15-8-16(12-26)22(27)25(19(15)10-20(18)28-3)11-17-6-4-5-7-23-17/h4-10,26H,11-12H2,1-3H3;4-10,12H,11H2,1-3H3. The summed E-state index contributed by atoms with van der Waals surface area (Å²) in [4.78, 5) is 46.0. The maximum atomic E-state index is 12.9. The number of aryl methyl sites for hydroxylation is 4. The van der Waals surface area contributed by atoms with Crippen LogP contribution < -0.4 is 20.6 Å². The van der Waals surface area contributed by atoms with Crippen molar-refractivity contribution in [2.45, 2.75) is 47.4 Å². The third-order valence-electron chi connectivity index (χ3n) is 9.93. The summed E-state index contributed by atoms with van der Waals surface area (Å²) in [7, 11) is 3.16. The highest BCUT2D eigenvalue weighted by atomic mass is 16.5. The number of aldehydes is 1. The molecule has 294 valence electrons. The largest absolute Gasteiger partial charge is 0.496 e. The zero-order valence-electron chi connectivity index (χ0n) is 32.8. The average molecular weight is 781 g/mol. The first-order chi connectivity index (χ1) is 28.1. The van der Waals surface area contributed by atoms with Crippen molar-refractivity contribution in [1.82, 2.24) is 29.4 Å². The van der Waals surface area contributed by atoms with E-state index in [0.29, 0.717) is 51.6 Å². The van der Waals surface area contributed by atoms with Gasteiger partial charge in [0.2, 0.25) is 0 Å². The van der Waals surface area contributed by atoms with Crippen molar-refractivity contribution in [3.05, 3.63) is 151 Å². The maximum absolute atomic E-state index is 12.9. The summed E-state index contributed by atoms with van der Waals surface area (Å²) < 4.78 is 25.0. The number of aromatic nitrogens is 6. The van der Waals surface area contributed by atoms with Crippen molar-refractivity contribution < 1.29 is 28.4 Å². The lowest BCUT2D eigenvalue weighted by molar-refractivity contribution is 0.112. The molecule has 6 heterocycles. The Kier molecular flexibility index (Phi) is 11.1. The predicted octanol–water partition coefficient (Wildman–Crippen LogP) is 6.76. The molecule has 0 amide bonds. The molecule has 2 aromatic carbocycles. The van der Waals surface area contributed by atoms with Gasteiger partial charge in [0.15, 0.2) is 6.29 Å². The molecule has 6 aromatic heterocycles. The zero-order valence-corrected chi connectivity index (χ0v) is 32.8. The van der Waals surface area contributed by atoms with Crippen molar-refractivity contribution in [2.24, 2.45) is 0 Å². The van der Waals surface area contributed by atoms with Crippen LogP contribution in [0.15, 0.2) is 104 Å². The van der Waals surface area contributed by atoms with Gasteiger partial charge in [0.25, 0.3) is 11.1 Å². The molecular formula is C44H40N6O8. The molecule has 0 aliphatic rings. The Balaban J connectivity index is 0.000000177. The fourth-order valence-corrected chi connectivity index (χ4v) is 7.18. The van der Waals surface area contributed by atoms with Gasteiger partial charge in [0.05, 0.1) is 84.4 Å². The van der Waals surface area contributed by atoms with Gasteiger partial charge >= 0.3 is 0 Å². The number of carbonyl (C=O) groups excluding carboxylic acids is 1. The van der Waals surface area contributed by atoms with Crippen molar-refractivity contribution in [3.63, 3.8) is 0 Å². The van der Waals surface area contributed by atoms with E-state index in [4.69, 9.17) is 18.5 Å². The van der Waals surface area contributed by atoms with Gasteiger partial charge in [-0.25, -0.2) is 0 Å². The molecule has 0 radical (unpaired) electrons. The lowest BCUT2D eigenvalue weighted by Gasteiger charge is -2.16. The minimum Gasteiger partial charge on any atom is -0.496 e. The number of fused-ring (bicyclic) bond motifs is 2. The van der Waals surface area contributed by atoms with Crippen molar-refractivity contribution in [3.8, 4) is 33.8 Å². The van der Waals surface area contributed by atoms with Gasteiger partial charge in [0.1, 0.15) is 23.0 Å². The molecule has 0 bridgehead atoms. The van der Waals surface area contributed by atoms with Crippen LogP contribution >= 0.6 is 0 Å².